The minimum atomic E-state index is -0.923. The van der Waals surface area contributed by atoms with E-state index in [1.54, 1.807) is 24.3 Å². The third-order valence-corrected chi connectivity index (χ3v) is 2.38. The summed E-state index contributed by atoms with van der Waals surface area (Å²) in [7, 11) is 0. The van der Waals surface area contributed by atoms with Crippen molar-refractivity contribution >= 4 is 17.6 Å². The Bertz CT molecular complexity index is 409. The van der Waals surface area contributed by atoms with Crippen molar-refractivity contribution < 1.29 is 9.90 Å². The fourth-order valence-electron chi connectivity index (χ4n) is 1.37. The van der Waals surface area contributed by atoms with E-state index in [4.69, 9.17) is 22.2 Å². The van der Waals surface area contributed by atoms with E-state index in [1.165, 1.54) is 0 Å². The summed E-state index contributed by atoms with van der Waals surface area (Å²) < 4.78 is 0. The van der Waals surface area contributed by atoms with Crippen molar-refractivity contribution in [2.75, 3.05) is 6.54 Å². The molecule has 0 fully saturated rings. The summed E-state index contributed by atoms with van der Waals surface area (Å²) in [5.74, 6) is -1.24. The van der Waals surface area contributed by atoms with Crippen LogP contribution in [0.3, 0.4) is 0 Å². The van der Waals surface area contributed by atoms with E-state index in [-0.39, 0.29) is 18.9 Å². The normalized spacial score (nSPS) is 11.6. The van der Waals surface area contributed by atoms with E-state index in [2.05, 4.69) is 10.0 Å². The van der Waals surface area contributed by atoms with Gasteiger partial charge < -0.3 is 5.11 Å². The summed E-state index contributed by atoms with van der Waals surface area (Å²) in [6.45, 7) is 0.129. The molecule has 6 heteroatoms. The molecule has 1 rings (SSSR count). The molecule has 84 valence electrons. The number of nitrogens with zero attached hydrogens (tertiary/aromatic N) is 3. The quantitative estimate of drug-likeness (QED) is 0.486. The molecule has 0 radical (unpaired) electrons. The summed E-state index contributed by atoms with van der Waals surface area (Å²) in [6.07, 6.45) is -0.0688. The van der Waals surface area contributed by atoms with Gasteiger partial charge in [-0.05, 0) is 29.1 Å². The molecule has 0 aliphatic rings. The summed E-state index contributed by atoms with van der Waals surface area (Å²) in [5.41, 5.74) is 9.03. The zero-order chi connectivity index (χ0) is 12.0. The molecule has 0 aromatic heterocycles. The van der Waals surface area contributed by atoms with Crippen molar-refractivity contribution in [3.05, 3.63) is 45.3 Å². The predicted molar refractivity (Wildman–Crippen MR) is 60.5 cm³/mol. The zero-order valence-corrected chi connectivity index (χ0v) is 9.13. The van der Waals surface area contributed by atoms with Crippen molar-refractivity contribution in [3.63, 3.8) is 0 Å². The number of hydrogen-bond acceptors (Lipinski definition) is 2. The van der Waals surface area contributed by atoms with Gasteiger partial charge in [-0.2, -0.15) is 0 Å². The molecule has 0 unspecified atom stereocenters. The number of carboxylic acid groups (broad SMARTS) is 1. The Labute approximate surface area is 97.3 Å². The fourth-order valence-corrected chi connectivity index (χ4v) is 1.49. The van der Waals surface area contributed by atoms with Crippen LogP contribution in [0.2, 0.25) is 5.02 Å². The molecule has 0 spiro atoms. The van der Waals surface area contributed by atoms with E-state index in [0.717, 1.165) is 5.56 Å². The largest absolute Gasteiger partial charge is 0.481 e. The molecule has 0 bridgehead atoms. The highest BCUT2D eigenvalue weighted by atomic mass is 35.5. The van der Waals surface area contributed by atoms with Crippen LogP contribution in [0.1, 0.15) is 17.9 Å². The average molecular weight is 240 g/mol. The Morgan fingerprint density at radius 3 is 2.62 bits per heavy atom. The lowest BCUT2D eigenvalue weighted by Gasteiger charge is -2.12. The minimum Gasteiger partial charge on any atom is -0.481 e. The number of carbonyl (C=O) groups is 1. The molecule has 1 aromatic carbocycles. The van der Waals surface area contributed by atoms with Gasteiger partial charge in [0, 0.05) is 16.5 Å². The molecule has 0 saturated carbocycles. The van der Waals surface area contributed by atoms with Crippen LogP contribution in [0.5, 0.6) is 0 Å². The second kappa shape index (κ2) is 6.00. The van der Waals surface area contributed by atoms with Crippen molar-refractivity contribution in [1.29, 1.82) is 0 Å². The third kappa shape index (κ3) is 3.81. The second-order valence-electron chi connectivity index (χ2n) is 3.26. The Kier molecular flexibility index (Phi) is 4.64. The SMILES string of the molecule is [N-]=[N+]=NC[C@H](CC(=O)O)c1ccc(Cl)cc1. The van der Waals surface area contributed by atoms with Gasteiger partial charge in [0.1, 0.15) is 0 Å². The Hall–Kier alpha value is -1.71. The number of carboxylic acids is 1. The lowest BCUT2D eigenvalue weighted by Crippen LogP contribution is -2.09. The summed E-state index contributed by atoms with van der Waals surface area (Å²) >= 11 is 5.73. The fraction of sp³-hybridized carbons (Fsp3) is 0.300. The van der Waals surface area contributed by atoms with Crippen molar-refractivity contribution in [2.24, 2.45) is 5.11 Å². The summed E-state index contributed by atoms with van der Waals surface area (Å²) in [5, 5.41) is 12.7. The van der Waals surface area contributed by atoms with E-state index >= 15 is 0 Å². The van der Waals surface area contributed by atoms with E-state index < -0.39 is 5.97 Å². The minimum absolute atomic E-state index is 0.0688. The lowest BCUT2D eigenvalue weighted by atomic mass is 9.96. The van der Waals surface area contributed by atoms with Crippen LogP contribution < -0.4 is 0 Å². The molecule has 1 N–H and O–H groups in total. The topological polar surface area (TPSA) is 86.1 Å². The third-order valence-electron chi connectivity index (χ3n) is 2.13. The van der Waals surface area contributed by atoms with Gasteiger partial charge in [-0.25, -0.2) is 0 Å². The van der Waals surface area contributed by atoms with Gasteiger partial charge in [-0.15, -0.1) is 0 Å². The molecule has 1 atom stereocenters. The molecule has 0 aliphatic carbocycles. The molecular weight excluding hydrogens is 230 g/mol. The standard InChI is InChI=1S/C10H10ClN3O2/c11-9-3-1-7(2-4-9)8(5-10(15)16)6-13-14-12/h1-4,8H,5-6H2,(H,15,16)/t8-/m0/s1. The molecule has 0 heterocycles. The smallest absolute Gasteiger partial charge is 0.303 e. The molecule has 0 saturated heterocycles. The number of hydrogen-bond donors (Lipinski definition) is 1. The zero-order valence-electron chi connectivity index (χ0n) is 8.38. The highest BCUT2D eigenvalue weighted by Crippen LogP contribution is 2.22. The summed E-state index contributed by atoms with van der Waals surface area (Å²) in [6, 6.07) is 6.84. The maximum absolute atomic E-state index is 10.7. The average Bonchev–Trinajstić information content (AvgIpc) is 2.25. The van der Waals surface area contributed by atoms with E-state index in [0.29, 0.717) is 5.02 Å². The van der Waals surface area contributed by atoms with Crippen molar-refractivity contribution in [3.8, 4) is 0 Å². The molecule has 1 aromatic rings. The van der Waals surface area contributed by atoms with Gasteiger partial charge >= 0.3 is 5.97 Å². The van der Waals surface area contributed by atoms with Gasteiger partial charge in [-0.3, -0.25) is 4.79 Å². The molecular formula is C10H10ClN3O2. The number of azide groups is 1. The van der Waals surface area contributed by atoms with Gasteiger partial charge in [0.15, 0.2) is 0 Å². The number of halogens is 1. The van der Waals surface area contributed by atoms with Gasteiger partial charge in [0.2, 0.25) is 0 Å². The van der Waals surface area contributed by atoms with Gasteiger partial charge in [0.05, 0.1) is 6.42 Å². The number of rotatable bonds is 5. The monoisotopic (exact) mass is 239 g/mol. The second-order valence-corrected chi connectivity index (χ2v) is 3.70. The van der Waals surface area contributed by atoms with Gasteiger partial charge in [0.25, 0.3) is 0 Å². The highest BCUT2D eigenvalue weighted by Gasteiger charge is 2.14. The van der Waals surface area contributed by atoms with Gasteiger partial charge in [-0.1, -0.05) is 28.8 Å². The van der Waals surface area contributed by atoms with Crippen LogP contribution in [0.4, 0.5) is 0 Å². The van der Waals surface area contributed by atoms with Crippen LogP contribution in [0, 0.1) is 0 Å². The number of aliphatic carboxylic acids is 1. The van der Waals surface area contributed by atoms with Crippen LogP contribution in [-0.4, -0.2) is 17.6 Å². The maximum atomic E-state index is 10.7. The first-order valence-corrected chi connectivity index (χ1v) is 4.99. The molecule has 16 heavy (non-hydrogen) atoms. The Morgan fingerprint density at radius 1 is 1.50 bits per heavy atom. The van der Waals surface area contributed by atoms with Crippen molar-refractivity contribution in [2.45, 2.75) is 12.3 Å². The first kappa shape index (κ1) is 12.4. The number of benzene rings is 1. The van der Waals surface area contributed by atoms with Crippen LogP contribution in [0.15, 0.2) is 29.4 Å². The highest BCUT2D eigenvalue weighted by molar-refractivity contribution is 6.30. The van der Waals surface area contributed by atoms with Crippen LogP contribution in [0.25, 0.3) is 10.4 Å². The Balaban J connectivity index is 2.86. The molecule has 5 nitrogen and oxygen atoms in total. The maximum Gasteiger partial charge on any atom is 0.303 e. The van der Waals surface area contributed by atoms with Crippen LogP contribution >= 0.6 is 11.6 Å². The molecule has 0 amide bonds. The summed E-state index contributed by atoms with van der Waals surface area (Å²) in [4.78, 5) is 13.3. The first-order valence-electron chi connectivity index (χ1n) is 4.61. The predicted octanol–water partition coefficient (Wildman–Crippen LogP) is 3.21. The molecule has 0 aliphatic heterocycles. The van der Waals surface area contributed by atoms with E-state index in [1.807, 2.05) is 0 Å². The lowest BCUT2D eigenvalue weighted by molar-refractivity contribution is -0.137. The van der Waals surface area contributed by atoms with Crippen LogP contribution in [-0.2, 0) is 4.79 Å². The van der Waals surface area contributed by atoms with E-state index in [9.17, 15) is 4.79 Å². The Morgan fingerprint density at radius 2 is 2.12 bits per heavy atom. The van der Waals surface area contributed by atoms with Crippen molar-refractivity contribution in [1.82, 2.24) is 0 Å². The first-order chi connectivity index (χ1) is 7.63.